The molecule has 140 valence electrons. The number of nitrogens with one attached hydrogen (secondary N) is 1. The van der Waals surface area contributed by atoms with Crippen molar-refractivity contribution >= 4 is 34.9 Å². The van der Waals surface area contributed by atoms with Crippen LogP contribution in [0, 0.1) is 0 Å². The summed E-state index contributed by atoms with van der Waals surface area (Å²) >= 11 is 12.0. The van der Waals surface area contributed by atoms with E-state index in [1.165, 1.54) is 0 Å². The van der Waals surface area contributed by atoms with E-state index < -0.39 is 0 Å². The molecule has 0 radical (unpaired) electrons. The van der Waals surface area contributed by atoms with Crippen molar-refractivity contribution in [2.75, 3.05) is 45.2 Å². The van der Waals surface area contributed by atoms with Crippen LogP contribution in [0.2, 0.25) is 10.0 Å². The Hall–Kier alpha value is -1.95. The van der Waals surface area contributed by atoms with Crippen molar-refractivity contribution in [3.05, 3.63) is 58.6 Å². The molecule has 26 heavy (non-hydrogen) atoms. The average Bonchev–Trinajstić information content (AvgIpc) is 2.58. The third-order valence-corrected chi connectivity index (χ3v) is 4.00. The number of hydrogen-bond acceptors (Lipinski definition) is 3. The van der Waals surface area contributed by atoms with Gasteiger partial charge in [-0.1, -0.05) is 41.4 Å². The van der Waals surface area contributed by atoms with Crippen molar-refractivity contribution in [3.8, 4) is 5.75 Å². The number of ether oxygens (including phenoxy) is 1. The van der Waals surface area contributed by atoms with Crippen LogP contribution in [0.3, 0.4) is 0 Å². The van der Waals surface area contributed by atoms with E-state index in [1.54, 1.807) is 23.1 Å². The Morgan fingerprint density at radius 1 is 1.04 bits per heavy atom. The van der Waals surface area contributed by atoms with Gasteiger partial charge in [0, 0.05) is 28.8 Å². The van der Waals surface area contributed by atoms with Crippen LogP contribution in [0.5, 0.6) is 5.75 Å². The number of urea groups is 1. The topological polar surface area (TPSA) is 44.8 Å². The summed E-state index contributed by atoms with van der Waals surface area (Å²) in [5, 5.41) is 3.94. The zero-order valence-electron chi connectivity index (χ0n) is 14.9. The predicted molar refractivity (Wildman–Crippen MR) is 108 cm³/mol. The van der Waals surface area contributed by atoms with Gasteiger partial charge < -0.3 is 15.0 Å². The molecule has 0 heterocycles. The third kappa shape index (κ3) is 6.75. The number of hydrogen-bond donors (Lipinski definition) is 1. The molecular weight excluding hydrogens is 373 g/mol. The highest BCUT2D eigenvalue weighted by molar-refractivity contribution is 6.34. The molecule has 0 unspecified atom stereocenters. The largest absolute Gasteiger partial charge is 0.492 e. The lowest BCUT2D eigenvalue weighted by molar-refractivity contribution is 0.242. The van der Waals surface area contributed by atoms with Crippen molar-refractivity contribution < 1.29 is 9.53 Å². The van der Waals surface area contributed by atoms with Gasteiger partial charge in [0.15, 0.2) is 0 Å². The van der Waals surface area contributed by atoms with E-state index in [0.717, 1.165) is 12.2 Å². The van der Waals surface area contributed by atoms with Gasteiger partial charge in [0.05, 0.1) is 6.54 Å². The second-order valence-electron chi connectivity index (χ2n) is 5.98. The number of rotatable bonds is 8. The summed E-state index contributed by atoms with van der Waals surface area (Å²) in [4.78, 5) is 16.2. The molecule has 0 bridgehead atoms. The molecule has 1 N–H and O–H groups in total. The molecule has 0 aromatic heterocycles. The minimum absolute atomic E-state index is 0.161. The maximum Gasteiger partial charge on any atom is 0.322 e. The number of para-hydroxylation sites is 1. The summed E-state index contributed by atoms with van der Waals surface area (Å²) < 4.78 is 5.71. The van der Waals surface area contributed by atoms with Crippen LogP contribution in [0.15, 0.2) is 48.5 Å². The van der Waals surface area contributed by atoms with Crippen molar-refractivity contribution in [1.29, 1.82) is 0 Å². The standard InChI is InChI=1S/C19H23Cl2N3O2/c1-23(2)9-8-22-19(25)24(17-6-4-3-5-7-17)10-11-26-18-13-15(20)12-16(21)14-18/h3-7,12-14H,8-11H2,1-2H3,(H,22,25). The molecule has 0 saturated carbocycles. The van der Waals surface area contributed by atoms with Crippen LogP contribution < -0.4 is 15.0 Å². The molecule has 2 aromatic rings. The summed E-state index contributed by atoms with van der Waals surface area (Å²) in [5.74, 6) is 0.573. The van der Waals surface area contributed by atoms with Gasteiger partial charge >= 0.3 is 6.03 Å². The molecule has 0 fully saturated rings. The molecule has 0 saturated heterocycles. The lowest BCUT2D eigenvalue weighted by Gasteiger charge is -2.24. The molecule has 7 heteroatoms. The smallest absolute Gasteiger partial charge is 0.322 e. The molecule has 0 aliphatic carbocycles. The lowest BCUT2D eigenvalue weighted by atomic mass is 10.3. The molecule has 0 aliphatic rings. The summed E-state index contributed by atoms with van der Waals surface area (Å²) in [6, 6.07) is 14.4. The van der Waals surface area contributed by atoms with Gasteiger partial charge in [-0.05, 0) is 44.4 Å². The van der Waals surface area contributed by atoms with Gasteiger partial charge in [0.1, 0.15) is 12.4 Å². The Morgan fingerprint density at radius 2 is 1.69 bits per heavy atom. The maximum absolute atomic E-state index is 12.6. The first kappa shape index (κ1) is 20.4. The number of carbonyl (C=O) groups is 1. The van der Waals surface area contributed by atoms with Crippen LogP contribution in [0.4, 0.5) is 10.5 Å². The van der Waals surface area contributed by atoms with Gasteiger partial charge in [-0.2, -0.15) is 0 Å². The van der Waals surface area contributed by atoms with E-state index in [1.807, 2.05) is 49.3 Å². The van der Waals surface area contributed by atoms with E-state index >= 15 is 0 Å². The first-order valence-electron chi connectivity index (χ1n) is 8.30. The van der Waals surface area contributed by atoms with Crippen LogP contribution in [-0.2, 0) is 0 Å². The van der Waals surface area contributed by atoms with Crippen LogP contribution in [0.25, 0.3) is 0 Å². The summed E-state index contributed by atoms with van der Waals surface area (Å²) in [6.07, 6.45) is 0. The van der Waals surface area contributed by atoms with E-state index in [2.05, 4.69) is 5.32 Å². The van der Waals surface area contributed by atoms with Crippen LogP contribution in [-0.4, -0.2) is 51.3 Å². The molecule has 2 amide bonds. The molecule has 2 aromatic carbocycles. The third-order valence-electron chi connectivity index (χ3n) is 3.57. The SMILES string of the molecule is CN(C)CCNC(=O)N(CCOc1cc(Cl)cc(Cl)c1)c1ccccc1. The van der Waals surface area contributed by atoms with Gasteiger partial charge in [-0.15, -0.1) is 0 Å². The van der Waals surface area contributed by atoms with Crippen LogP contribution >= 0.6 is 23.2 Å². The molecule has 2 rings (SSSR count). The molecule has 0 aliphatic heterocycles. The monoisotopic (exact) mass is 395 g/mol. The number of amides is 2. The van der Waals surface area contributed by atoms with Crippen molar-refractivity contribution in [1.82, 2.24) is 10.2 Å². The zero-order valence-corrected chi connectivity index (χ0v) is 16.4. The first-order chi connectivity index (χ1) is 12.5. The van der Waals surface area contributed by atoms with E-state index in [4.69, 9.17) is 27.9 Å². The number of likely N-dealkylation sites (N-methyl/N-ethyl adjacent to an activating group) is 1. The lowest BCUT2D eigenvalue weighted by Crippen LogP contribution is -2.44. The number of halogens is 2. The number of benzene rings is 2. The van der Waals surface area contributed by atoms with E-state index in [0.29, 0.717) is 35.5 Å². The fraction of sp³-hybridized carbons (Fsp3) is 0.316. The number of nitrogens with zero attached hydrogens (tertiary/aromatic N) is 2. The highest BCUT2D eigenvalue weighted by Crippen LogP contribution is 2.24. The second-order valence-corrected chi connectivity index (χ2v) is 6.85. The minimum Gasteiger partial charge on any atom is -0.492 e. The summed E-state index contributed by atoms with van der Waals surface area (Å²) in [5.41, 5.74) is 0.808. The zero-order chi connectivity index (χ0) is 18.9. The Balaban J connectivity index is 1.98. The summed E-state index contributed by atoms with van der Waals surface area (Å²) in [6.45, 7) is 2.04. The number of carbonyl (C=O) groups excluding carboxylic acids is 1. The molecule has 0 spiro atoms. The maximum atomic E-state index is 12.6. The quantitative estimate of drug-likeness (QED) is 0.729. The van der Waals surface area contributed by atoms with Gasteiger partial charge in [-0.25, -0.2) is 4.79 Å². The summed E-state index contributed by atoms with van der Waals surface area (Å²) in [7, 11) is 3.93. The second kappa shape index (κ2) is 10.3. The van der Waals surface area contributed by atoms with Crippen molar-refractivity contribution in [2.45, 2.75) is 0 Å². The molecular formula is C19H23Cl2N3O2. The minimum atomic E-state index is -0.161. The fourth-order valence-electron chi connectivity index (χ4n) is 2.30. The Labute approximate surface area is 164 Å². The van der Waals surface area contributed by atoms with E-state index in [9.17, 15) is 4.79 Å². The number of anilines is 1. The predicted octanol–water partition coefficient (Wildman–Crippen LogP) is 4.15. The van der Waals surface area contributed by atoms with Gasteiger partial charge in [-0.3, -0.25) is 4.90 Å². The first-order valence-corrected chi connectivity index (χ1v) is 9.05. The van der Waals surface area contributed by atoms with Crippen molar-refractivity contribution in [2.24, 2.45) is 0 Å². The molecule has 0 atom stereocenters. The Bertz CT molecular complexity index is 691. The average molecular weight is 396 g/mol. The Morgan fingerprint density at radius 3 is 2.31 bits per heavy atom. The fourth-order valence-corrected chi connectivity index (χ4v) is 2.81. The highest BCUT2D eigenvalue weighted by atomic mass is 35.5. The van der Waals surface area contributed by atoms with Gasteiger partial charge in [0.2, 0.25) is 0 Å². The van der Waals surface area contributed by atoms with Crippen molar-refractivity contribution in [3.63, 3.8) is 0 Å². The van der Waals surface area contributed by atoms with Gasteiger partial charge in [0.25, 0.3) is 0 Å². The van der Waals surface area contributed by atoms with Crippen LogP contribution in [0.1, 0.15) is 0 Å². The normalized spacial score (nSPS) is 10.7. The van der Waals surface area contributed by atoms with E-state index in [-0.39, 0.29) is 6.03 Å². The highest BCUT2D eigenvalue weighted by Gasteiger charge is 2.15. The molecule has 5 nitrogen and oxygen atoms in total. The Kier molecular flexibility index (Phi) is 8.04.